The fraction of sp³-hybridized carbons (Fsp3) is 0.650. The molecule has 0 unspecified atom stereocenters. The summed E-state index contributed by atoms with van der Waals surface area (Å²) in [5, 5.41) is 3.04. The molecule has 1 aromatic rings. The van der Waals surface area contributed by atoms with Crippen LogP contribution in [0.2, 0.25) is 0 Å². The molecule has 1 aliphatic carbocycles. The van der Waals surface area contributed by atoms with Crippen LogP contribution in [-0.4, -0.2) is 37.2 Å². The maximum absolute atomic E-state index is 12.2. The standard InChI is InChI=1S/C20H30N2O2/c1-22(12-4-8-19-9-5-13-24-19)20(23)21-15-16-10-11-17-6-2-3-7-18(17)14-16/h10-11,14,19H,2-9,12-13,15H2,1H3,(H,21,23)/t19-/m0/s1. The fourth-order valence-electron chi connectivity index (χ4n) is 3.74. The van der Waals surface area contributed by atoms with Gasteiger partial charge >= 0.3 is 6.03 Å². The molecule has 1 saturated heterocycles. The lowest BCUT2D eigenvalue weighted by Crippen LogP contribution is -2.37. The van der Waals surface area contributed by atoms with Gasteiger partial charge in [0, 0.05) is 26.7 Å². The lowest BCUT2D eigenvalue weighted by Gasteiger charge is -2.20. The molecular formula is C20H30N2O2. The third-order valence-corrected chi connectivity index (χ3v) is 5.25. The highest BCUT2D eigenvalue weighted by Crippen LogP contribution is 2.22. The van der Waals surface area contributed by atoms with Crippen LogP contribution in [-0.2, 0) is 24.1 Å². The zero-order valence-corrected chi connectivity index (χ0v) is 14.9. The molecule has 2 aliphatic rings. The minimum atomic E-state index is 0.0139. The normalized spacial score (nSPS) is 19.8. The molecule has 0 bridgehead atoms. The molecule has 0 saturated carbocycles. The molecular weight excluding hydrogens is 300 g/mol. The summed E-state index contributed by atoms with van der Waals surface area (Å²) < 4.78 is 5.63. The number of carbonyl (C=O) groups is 1. The van der Waals surface area contributed by atoms with E-state index in [1.165, 1.54) is 55.2 Å². The summed E-state index contributed by atoms with van der Waals surface area (Å²) in [5.41, 5.74) is 4.16. The Hall–Kier alpha value is -1.55. The number of rotatable bonds is 6. The summed E-state index contributed by atoms with van der Waals surface area (Å²) >= 11 is 0. The molecule has 1 fully saturated rings. The summed E-state index contributed by atoms with van der Waals surface area (Å²) in [6, 6.07) is 6.68. The van der Waals surface area contributed by atoms with Gasteiger partial charge in [-0.2, -0.15) is 0 Å². The molecule has 1 atom stereocenters. The first-order valence-electron chi connectivity index (χ1n) is 9.43. The van der Waals surface area contributed by atoms with Crippen molar-refractivity contribution < 1.29 is 9.53 Å². The van der Waals surface area contributed by atoms with E-state index in [0.717, 1.165) is 26.0 Å². The summed E-state index contributed by atoms with van der Waals surface area (Å²) in [6.07, 6.45) is 9.81. The predicted molar refractivity (Wildman–Crippen MR) is 96.2 cm³/mol. The van der Waals surface area contributed by atoms with Gasteiger partial charge in [-0.1, -0.05) is 18.2 Å². The van der Waals surface area contributed by atoms with Crippen LogP contribution in [0.4, 0.5) is 4.79 Å². The molecule has 132 valence electrons. The van der Waals surface area contributed by atoms with Gasteiger partial charge in [-0.25, -0.2) is 4.79 Å². The number of carbonyl (C=O) groups excluding carboxylic acids is 1. The van der Waals surface area contributed by atoms with Crippen molar-refractivity contribution in [3.63, 3.8) is 0 Å². The van der Waals surface area contributed by atoms with Crippen LogP contribution in [0.15, 0.2) is 18.2 Å². The molecule has 4 nitrogen and oxygen atoms in total. The highest BCUT2D eigenvalue weighted by atomic mass is 16.5. The molecule has 0 aromatic heterocycles. The van der Waals surface area contributed by atoms with Gasteiger partial charge in [-0.15, -0.1) is 0 Å². The Labute approximate surface area is 145 Å². The molecule has 3 rings (SSSR count). The Morgan fingerprint density at radius 3 is 2.88 bits per heavy atom. The monoisotopic (exact) mass is 330 g/mol. The summed E-state index contributed by atoms with van der Waals surface area (Å²) in [6.45, 7) is 2.31. The quantitative estimate of drug-likeness (QED) is 0.865. The third-order valence-electron chi connectivity index (χ3n) is 5.25. The van der Waals surface area contributed by atoms with Crippen LogP contribution in [0, 0.1) is 0 Å². The van der Waals surface area contributed by atoms with Gasteiger partial charge in [0.15, 0.2) is 0 Å². The van der Waals surface area contributed by atoms with Gasteiger partial charge in [-0.05, 0) is 68.1 Å². The molecule has 1 aromatic carbocycles. The largest absolute Gasteiger partial charge is 0.378 e. The average Bonchev–Trinajstić information content (AvgIpc) is 3.12. The minimum Gasteiger partial charge on any atom is -0.378 e. The van der Waals surface area contributed by atoms with E-state index in [-0.39, 0.29) is 6.03 Å². The number of nitrogens with zero attached hydrogens (tertiary/aromatic N) is 1. The topological polar surface area (TPSA) is 41.6 Å². The molecule has 2 amide bonds. The zero-order valence-electron chi connectivity index (χ0n) is 14.9. The molecule has 0 radical (unpaired) electrons. The van der Waals surface area contributed by atoms with Crippen LogP contribution >= 0.6 is 0 Å². The second-order valence-corrected chi connectivity index (χ2v) is 7.17. The smallest absolute Gasteiger partial charge is 0.317 e. The maximum Gasteiger partial charge on any atom is 0.317 e. The van der Waals surface area contributed by atoms with Gasteiger partial charge in [0.1, 0.15) is 0 Å². The number of benzene rings is 1. The first kappa shape index (κ1) is 17.3. The van der Waals surface area contributed by atoms with Crippen molar-refractivity contribution in [2.24, 2.45) is 0 Å². The molecule has 1 heterocycles. The number of fused-ring (bicyclic) bond motifs is 1. The van der Waals surface area contributed by atoms with E-state index in [9.17, 15) is 4.79 Å². The van der Waals surface area contributed by atoms with Gasteiger partial charge in [0.2, 0.25) is 0 Å². The number of hydrogen-bond acceptors (Lipinski definition) is 2. The minimum absolute atomic E-state index is 0.0139. The first-order chi connectivity index (χ1) is 11.7. The Morgan fingerprint density at radius 1 is 1.25 bits per heavy atom. The molecule has 4 heteroatoms. The van der Waals surface area contributed by atoms with Crippen molar-refractivity contribution in [3.05, 3.63) is 34.9 Å². The molecule has 1 N–H and O–H groups in total. The van der Waals surface area contributed by atoms with Crippen LogP contribution in [0.1, 0.15) is 55.2 Å². The van der Waals surface area contributed by atoms with Crippen LogP contribution in [0.5, 0.6) is 0 Å². The van der Waals surface area contributed by atoms with Crippen molar-refractivity contribution in [2.75, 3.05) is 20.2 Å². The van der Waals surface area contributed by atoms with Crippen LogP contribution in [0.25, 0.3) is 0 Å². The van der Waals surface area contributed by atoms with Crippen molar-refractivity contribution in [2.45, 2.75) is 64.0 Å². The van der Waals surface area contributed by atoms with Crippen LogP contribution in [0.3, 0.4) is 0 Å². The number of amides is 2. The Morgan fingerprint density at radius 2 is 2.08 bits per heavy atom. The van der Waals surface area contributed by atoms with Gasteiger partial charge in [0.05, 0.1) is 6.10 Å². The summed E-state index contributed by atoms with van der Waals surface area (Å²) in [4.78, 5) is 14.0. The third kappa shape index (κ3) is 4.73. The maximum atomic E-state index is 12.2. The van der Waals surface area contributed by atoms with Crippen molar-refractivity contribution >= 4 is 6.03 Å². The predicted octanol–water partition coefficient (Wildman–Crippen LogP) is 3.67. The van der Waals surface area contributed by atoms with Crippen molar-refractivity contribution in [1.82, 2.24) is 10.2 Å². The highest BCUT2D eigenvalue weighted by molar-refractivity contribution is 5.73. The van der Waals surface area contributed by atoms with Gasteiger partial charge < -0.3 is 15.0 Å². The average molecular weight is 330 g/mol. The summed E-state index contributed by atoms with van der Waals surface area (Å²) in [7, 11) is 1.87. The Balaban J connectivity index is 1.39. The number of ether oxygens (including phenoxy) is 1. The van der Waals surface area contributed by atoms with E-state index in [1.54, 1.807) is 4.90 Å². The lowest BCUT2D eigenvalue weighted by molar-refractivity contribution is 0.100. The lowest BCUT2D eigenvalue weighted by atomic mass is 9.90. The van der Waals surface area contributed by atoms with E-state index < -0.39 is 0 Å². The second kappa shape index (κ2) is 8.52. The van der Waals surface area contributed by atoms with E-state index in [0.29, 0.717) is 12.6 Å². The molecule has 0 spiro atoms. The number of urea groups is 1. The Bertz CT molecular complexity index is 553. The van der Waals surface area contributed by atoms with Crippen molar-refractivity contribution in [1.29, 1.82) is 0 Å². The highest BCUT2D eigenvalue weighted by Gasteiger charge is 2.16. The number of hydrogen-bond donors (Lipinski definition) is 1. The van der Waals surface area contributed by atoms with Crippen LogP contribution < -0.4 is 5.32 Å². The molecule has 24 heavy (non-hydrogen) atoms. The van der Waals surface area contributed by atoms with Crippen molar-refractivity contribution in [3.8, 4) is 0 Å². The van der Waals surface area contributed by atoms with Gasteiger partial charge in [0.25, 0.3) is 0 Å². The van der Waals surface area contributed by atoms with E-state index in [4.69, 9.17) is 4.74 Å². The van der Waals surface area contributed by atoms with E-state index in [1.807, 2.05) is 7.05 Å². The SMILES string of the molecule is CN(CCC[C@H]1CCCO1)C(=O)NCc1ccc2c(c1)CCCC2. The number of aryl methyl sites for hydroxylation is 2. The Kier molecular flexibility index (Phi) is 6.13. The zero-order chi connectivity index (χ0) is 16.8. The first-order valence-corrected chi connectivity index (χ1v) is 9.43. The molecule has 1 aliphatic heterocycles. The van der Waals surface area contributed by atoms with E-state index >= 15 is 0 Å². The van der Waals surface area contributed by atoms with Gasteiger partial charge in [-0.3, -0.25) is 0 Å². The van der Waals surface area contributed by atoms with E-state index in [2.05, 4.69) is 23.5 Å². The number of nitrogens with one attached hydrogen (secondary N) is 1. The second-order valence-electron chi connectivity index (χ2n) is 7.17. The summed E-state index contributed by atoms with van der Waals surface area (Å²) in [5.74, 6) is 0. The fourth-order valence-corrected chi connectivity index (χ4v) is 3.74.